The van der Waals surface area contributed by atoms with Crippen LogP contribution in [0.2, 0.25) is 0 Å². The van der Waals surface area contributed by atoms with E-state index in [2.05, 4.69) is 25.2 Å². The Morgan fingerprint density at radius 1 is 1.12 bits per heavy atom. The van der Waals surface area contributed by atoms with Gasteiger partial charge in [0.15, 0.2) is 0 Å². The van der Waals surface area contributed by atoms with E-state index in [1.807, 2.05) is 17.5 Å². The van der Waals surface area contributed by atoms with Crippen molar-refractivity contribution in [2.75, 3.05) is 18.4 Å². The summed E-state index contributed by atoms with van der Waals surface area (Å²) in [4.78, 5) is 15.4. The van der Waals surface area contributed by atoms with Gasteiger partial charge in [0.05, 0.1) is 5.01 Å². The highest BCUT2D eigenvalue weighted by Crippen LogP contribution is 2.42. The van der Waals surface area contributed by atoms with Gasteiger partial charge in [-0.25, -0.2) is 15.0 Å². The highest BCUT2D eigenvalue weighted by molar-refractivity contribution is 7.11. The van der Waals surface area contributed by atoms with Gasteiger partial charge in [0.1, 0.15) is 17.8 Å². The first-order chi connectivity index (χ1) is 12.5. The topological polar surface area (TPSA) is 53.9 Å². The number of nitrogens with one attached hydrogen (secondary N) is 1. The van der Waals surface area contributed by atoms with Crippen LogP contribution in [0.25, 0.3) is 0 Å². The summed E-state index contributed by atoms with van der Waals surface area (Å²) in [7, 11) is 0. The molecule has 2 aromatic heterocycles. The molecule has 0 amide bonds. The van der Waals surface area contributed by atoms with Gasteiger partial charge in [-0.1, -0.05) is 0 Å². The molecular formula is C17H20F3N5S. The fraction of sp³-hybridized carbons (Fsp3) is 0.588. The van der Waals surface area contributed by atoms with Crippen molar-refractivity contribution in [2.45, 2.75) is 50.4 Å². The molecule has 4 rings (SSSR count). The number of alkyl halides is 3. The van der Waals surface area contributed by atoms with E-state index in [1.54, 1.807) is 0 Å². The Balaban J connectivity index is 1.28. The van der Waals surface area contributed by atoms with Crippen LogP contribution in [0, 0.1) is 0 Å². The van der Waals surface area contributed by atoms with Gasteiger partial charge in [-0.05, 0) is 25.7 Å². The van der Waals surface area contributed by atoms with Gasteiger partial charge < -0.3 is 5.32 Å². The molecule has 0 bridgehead atoms. The lowest BCUT2D eigenvalue weighted by Crippen LogP contribution is -2.38. The second-order valence-corrected chi connectivity index (χ2v) is 8.07. The lowest BCUT2D eigenvalue weighted by atomic mass is 10.1. The molecule has 0 spiro atoms. The standard InChI is InChI=1S/C17H20F3N5S/c18-17(19,20)14-7-15(23-10-22-14)24-12-3-5-25(6-4-12)9-13-8-21-16(26-13)11-1-2-11/h7-8,10-12H,1-6,9H2,(H,22,23,24). The minimum Gasteiger partial charge on any atom is -0.367 e. The summed E-state index contributed by atoms with van der Waals surface area (Å²) in [5.41, 5.74) is -0.913. The van der Waals surface area contributed by atoms with E-state index in [1.165, 1.54) is 22.7 Å². The minimum atomic E-state index is -4.45. The molecule has 0 unspecified atom stereocenters. The second kappa shape index (κ2) is 7.11. The van der Waals surface area contributed by atoms with Crippen LogP contribution in [0.5, 0.6) is 0 Å². The number of aromatic nitrogens is 3. The summed E-state index contributed by atoms with van der Waals surface area (Å²) in [6, 6.07) is 1.11. The van der Waals surface area contributed by atoms with Gasteiger partial charge >= 0.3 is 6.18 Å². The molecule has 2 fully saturated rings. The summed E-state index contributed by atoms with van der Waals surface area (Å²) in [5, 5.41) is 4.38. The van der Waals surface area contributed by atoms with E-state index in [4.69, 9.17) is 0 Å². The summed E-state index contributed by atoms with van der Waals surface area (Å²) in [6.45, 7) is 2.72. The minimum absolute atomic E-state index is 0.130. The molecule has 1 N–H and O–H groups in total. The number of halogens is 3. The number of nitrogens with zero attached hydrogens (tertiary/aromatic N) is 4. The monoisotopic (exact) mass is 383 g/mol. The van der Waals surface area contributed by atoms with Crippen molar-refractivity contribution in [3.63, 3.8) is 0 Å². The first-order valence-corrected chi connectivity index (χ1v) is 9.62. The average molecular weight is 383 g/mol. The molecule has 1 aliphatic heterocycles. The van der Waals surface area contributed by atoms with Gasteiger partial charge in [0.2, 0.25) is 0 Å². The molecule has 0 atom stereocenters. The van der Waals surface area contributed by atoms with Crippen LogP contribution >= 0.6 is 11.3 Å². The molecule has 1 aliphatic carbocycles. The first-order valence-electron chi connectivity index (χ1n) is 8.80. The Morgan fingerprint density at radius 3 is 2.58 bits per heavy atom. The maximum atomic E-state index is 12.7. The molecule has 0 aromatic carbocycles. The fourth-order valence-corrected chi connectivity index (χ4v) is 4.30. The Hall–Kier alpha value is -1.74. The number of thiazole rings is 1. The van der Waals surface area contributed by atoms with Crippen molar-refractivity contribution in [1.29, 1.82) is 0 Å². The summed E-state index contributed by atoms with van der Waals surface area (Å²) >= 11 is 1.81. The zero-order valence-electron chi connectivity index (χ0n) is 14.2. The van der Waals surface area contributed by atoms with Gasteiger partial charge in [-0.3, -0.25) is 4.90 Å². The van der Waals surface area contributed by atoms with Crippen molar-refractivity contribution in [2.24, 2.45) is 0 Å². The van der Waals surface area contributed by atoms with Gasteiger partial charge in [0, 0.05) is 48.7 Å². The number of hydrogen-bond acceptors (Lipinski definition) is 6. The van der Waals surface area contributed by atoms with Crippen LogP contribution in [-0.2, 0) is 12.7 Å². The predicted octanol–water partition coefficient (Wildman–Crippen LogP) is 3.91. The molecule has 0 radical (unpaired) electrons. The summed E-state index contributed by atoms with van der Waals surface area (Å²) in [5.74, 6) is 0.931. The zero-order chi connectivity index (χ0) is 18.1. The van der Waals surface area contributed by atoms with Gasteiger partial charge in [0.25, 0.3) is 0 Å². The third-order valence-corrected chi connectivity index (χ3v) is 5.92. The van der Waals surface area contributed by atoms with Crippen LogP contribution in [0.4, 0.5) is 19.0 Å². The largest absolute Gasteiger partial charge is 0.433 e. The van der Waals surface area contributed by atoms with E-state index in [9.17, 15) is 13.2 Å². The number of piperidine rings is 1. The Bertz CT molecular complexity index is 751. The van der Waals surface area contributed by atoms with E-state index in [0.717, 1.165) is 44.9 Å². The van der Waals surface area contributed by atoms with E-state index < -0.39 is 11.9 Å². The highest BCUT2D eigenvalue weighted by Gasteiger charge is 2.33. The van der Waals surface area contributed by atoms with Crippen LogP contribution < -0.4 is 5.32 Å². The molecular weight excluding hydrogens is 363 g/mol. The van der Waals surface area contributed by atoms with Crippen molar-refractivity contribution in [3.05, 3.63) is 34.2 Å². The van der Waals surface area contributed by atoms with Crippen LogP contribution in [0.1, 0.15) is 47.2 Å². The lowest BCUT2D eigenvalue weighted by Gasteiger charge is -2.32. The maximum Gasteiger partial charge on any atom is 0.433 e. The van der Waals surface area contributed by atoms with E-state index in [-0.39, 0.29) is 11.9 Å². The molecule has 9 heteroatoms. The lowest BCUT2D eigenvalue weighted by molar-refractivity contribution is -0.141. The fourth-order valence-electron chi connectivity index (χ4n) is 3.17. The quantitative estimate of drug-likeness (QED) is 0.849. The van der Waals surface area contributed by atoms with Gasteiger partial charge in [-0.2, -0.15) is 13.2 Å². The predicted molar refractivity (Wildman–Crippen MR) is 93.0 cm³/mol. The Labute approximate surface area is 153 Å². The smallest absolute Gasteiger partial charge is 0.367 e. The number of likely N-dealkylation sites (tertiary alicyclic amines) is 1. The molecule has 2 aliphatic rings. The van der Waals surface area contributed by atoms with Crippen LogP contribution in [0.3, 0.4) is 0 Å². The Kier molecular flexibility index (Phi) is 4.83. The van der Waals surface area contributed by atoms with Crippen molar-refractivity contribution in [1.82, 2.24) is 19.9 Å². The number of hydrogen-bond donors (Lipinski definition) is 1. The Morgan fingerprint density at radius 2 is 1.88 bits per heavy atom. The van der Waals surface area contributed by atoms with E-state index in [0.29, 0.717) is 5.92 Å². The van der Waals surface area contributed by atoms with Crippen molar-refractivity contribution in [3.8, 4) is 0 Å². The summed E-state index contributed by atoms with van der Waals surface area (Å²) < 4.78 is 38.2. The molecule has 26 heavy (non-hydrogen) atoms. The molecule has 1 saturated carbocycles. The maximum absolute atomic E-state index is 12.7. The van der Waals surface area contributed by atoms with Gasteiger partial charge in [-0.15, -0.1) is 11.3 Å². The van der Waals surface area contributed by atoms with E-state index >= 15 is 0 Å². The molecule has 5 nitrogen and oxygen atoms in total. The highest BCUT2D eigenvalue weighted by atomic mass is 32.1. The average Bonchev–Trinajstić information content (AvgIpc) is 3.36. The second-order valence-electron chi connectivity index (χ2n) is 6.92. The summed E-state index contributed by atoms with van der Waals surface area (Å²) in [6.07, 6.45) is 2.78. The SMILES string of the molecule is FC(F)(F)c1cc(NC2CCN(Cc3cnc(C4CC4)s3)CC2)ncn1. The molecule has 140 valence electrons. The van der Waals surface area contributed by atoms with Crippen molar-refractivity contribution >= 4 is 17.2 Å². The third-order valence-electron chi connectivity index (χ3n) is 4.77. The van der Waals surface area contributed by atoms with Crippen LogP contribution in [0.15, 0.2) is 18.6 Å². The molecule has 2 aromatic rings. The molecule has 1 saturated heterocycles. The third kappa shape index (κ3) is 4.32. The van der Waals surface area contributed by atoms with Crippen molar-refractivity contribution < 1.29 is 13.2 Å². The molecule has 3 heterocycles. The number of rotatable bonds is 5. The first kappa shape index (κ1) is 17.7. The van der Waals surface area contributed by atoms with Crippen LogP contribution in [-0.4, -0.2) is 39.0 Å². The number of anilines is 1. The zero-order valence-corrected chi connectivity index (χ0v) is 15.0. The normalized spacial score (nSPS) is 19.7.